The van der Waals surface area contributed by atoms with Gasteiger partial charge in [0.1, 0.15) is 5.69 Å². The number of anilines is 3. The molecule has 0 atom stereocenters. The molecule has 3 rings (SSSR count). The SMILES string of the molecule is CN(C)c1c(F)cc(NC(=O)c2ccccc2N2CCOCC2)cc1F. The number of hydrogen-bond acceptors (Lipinski definition) is 4. The summed E-state index contributed by atoms with van der Waals surface area (Å²) in [5.41, 5.74) is 1.16. The van der Waals surface area contributed by atoms with Gasteiger partial charge in [-0.15, -0.1) is 0 Å². The number of nitrogens with zero attached hydrogens (tertiary/aromatic N) is 2. The van der Waals surface area contributed by atoms with Crippen LogP contribution in [0.15, 0.2) is 36.4 Å². The number of carbonyl (C=O) groups is 1. The van der Waals surface area contributed by atoms with E-state index in [4.69, 9.17) is 4.74 Å². The molecule has 1 saturated heterocycles. The van der Waals surface area contributed by atoms with E-state index >= 15 is 0 Å². The van der Waals surface area contributed by atoms with Crippen LogP contribution in [0.3, 0.4) is 0 Å². The minimum atomic E-state index is -0.730. The topological polar surface area (TPSA) is 44.8 Å². The first-order chi connectivity index (χ1) is 12.5. The molecular weight excluding hydrogens is 340 g/mol. The van der Waals surface area contributed by atoms with E-state index in [1.807, 2.05) is 12.1 Å². The van der Waals surface area contributed by atoms with E-state index in [2.05, 4.69) is 10.2 Å². The van der Waals surface area contributed by atoms with Crippen molar-refractivity contribution < 1.29 is 18.3 Å². The van der Waals surface area contributed by atoms with Crippen LogP contribution in [0.5, 0.6) is 0 Å². The van der Waals surface area contributed by atoms with Crippen molar-refractivity contribution in [3.05, 3.63) is 53.6 Å². The standard InChI is InChI=1S/C19H21F2N3O2/c1-23(2)18-15(20)11-13(12-16(18)21)22-19(25)14-5-3-4-6-17(14)24-7-9-26-10-8-24/h3-6,11-12H,7-10H2,1-2H3,(H,22,25). The van der Waals surface area contributed by atoms with Gasteiger partial charge in [0.2, 0.25) is 0 Å². The van der Waals surface area contributed by atoms with E-state index in [1.54, 1.807) is 26.2 Å². The number of carbonyl (C=O) groups excluding carboxylic acids is 1. The first-order valence-corrected chi connectivity index (χ1v) is 8.37. The van der Waals surface area contributed by atoms with Gasteiger partial charge in [0, 0.05) is 38.6 Å². The Morgan fingerprint density at radius 2 is 1.73 bits per heavy atom. The number of nitrogens with one attached hydrogen (secondary N) is 1. The first-order valence-electron chi connectivity index (χ1n) is 8.37. The van der Waals surface area contributed by atoms with E-state index in [1.165, 1.54) is 4.90 Å². The normalized spacial score (nSPS) is 14.2. The van der Waals surface area contributed by atoms with Crippen molar-refractivity contribution in [2.24, 2.45) is 0 Å². The molecule has 7 heteroatoms. The van der Waals surface area contributed by atoms with Crippen LogP contribution in [-0.4, -0.2) is 46.3 Å². The molecular formula is C19H21F2N3O2. The number of benzene rings is 2. The summed E-state index contributed by atoms with van der Waals surface area (Å²) >= 11 is 0. The fourth-order valence-corrected chi connectivity index (χ4v) is 3.01. The van der Waals surface area contributed by atoms with Crippen molar-refractivity contribution >= 4 is 23.0 Å². The Bertz CT molecular complexity index is 782. The molecule has 0 bridgehead atoms. The van der Waals surface area contributed by atoms with E-state index in [0.29, 0.717) is 31.9 Å². The molecule has 26 heavy (non-hydrogen) atoms. The second kappa shape index (κ2) is 7.70. The summed E-state index contributed by atoms with van der Waals surface area (Å²) < 4.78 is 33.6. The second-order valence-corrected chi connectivity index (χ2v) is 6.25. The van der Waals surface area contributed by atoms with E-state index in [-0.39, 0.29) is 11.4 Å². The minimum absolute atomic E-state index is 0.0763. The Labute approximate surface area is 151 Å². The van der Waals surface area contributed by atoms with Crippen molar-refractivity contribution in [2.45, 2.75) is 0 Å². The summed E-state index contributed by atoms with van der Waals surface area (Å²) in [7, 11) is 3.11. The van der Waals surface area contributed by atoms with Crippen LogP contribution in [0.2, 0.25) is 0 Å². The number of morpholine rings is 1. The molecule has 1 N–H and O–H groups in total. The van der Waals surface area contributed by atoms with E-state index < -0.39 is 17.5 Å². The third-order valence-corrected chi connectivity index (χ3v) is 4.22. The molecule has 0 radical (unpaired) electrons. The maximum atomic E-state index is 14.1. The van der Waals surface area contributed by atoms with Crippen molar-refractivity contribution in [3.63, 3.8) is 0 Å². The molecule has 0 spiro atoms. The molecule has 2 aromatic rings. The van der Waals surface area contributed by atoms with Crippen LogP contribution in [0.25, 0.3) is 0 Å². The molecule has 0 unspecified atom stereocenters. The lowest BCUT2D eigenvalue weighted by Crippen LogP contribution is -2.37. The maximum Gasteiger partial charge on any atom is 0.257 e. The monoisotopic (exact) mass is 361 g/mol. The summed E-state index contributed by atoms with van der Waals surface area (Å²) in [5, 5.41) is 2.59. The van der Waals surface area contributed by atoms with Crippen molar-refractivity contribution in [2.75, 3.05) is 55.5 Å². The van der Waals surface area contributed by atoms with Gasteiger partial charge in [0.15, 0.2) is 11.6 Å². The number of ether oxygens (including phenoxy) is 1. The van der Waals surface area contributed by atoms with Gasteiger partial charge in [-0.3, -0.25) is 4.79 Å². The molecule has 1 aliphatic rings. The maximum absolute atomic E-state index is 14.1. The first kappa shape index (κ1) is 18.1. The molecule has 138 valence electrons. The Hall–Kier alpha value is -2.67. The van der Waals surface area contributed by atoms with Crippen LogP contribution < -0.4 is 15.1 Å². The number of hydrogen-bond donors (Lipinski definition) is 1. The molecule has 1 heterocycles. The van der Waals surface area contributed by atoms with E-state index in [9.17, 15) is 13.6 Å². The van der Waals surface area contributed by atoms with Gasteiger partial charge in [-0.1, -0.05) is 12.1 Å². The zero-order chi connectivity index (χ0) is 18.7. The molecule has 0 saturated carbocycles. The number of halogens is 2. The van der Waals surface area contributed by atoms with Crippen LogP contribution >= 0.6 is 0 Å². The highest BCUT2D eigenvalue weighted by molar-refractivity contribution is 6.08. The third-order valence-electron chi connectivity index (χ3n) is 4.22. The predicted octanol–water partition coefficient (Wildman–Crippen LogP) is 3.12. The zero-order valence-corrected chi connectivity index (χ0v) is 14.8. The predicted molar refractivity (Wildman–Crippen MR) is 98.1 cm³/mol. The molecule has 1 aliphatic heterocycles. The van der Waals surface area contributed by atoms with Crippen molar-refractivity contribution in [1.82, 2.24) is 0 Å². The van der Waals surface area contributed by atoms with Gasteiger partial charge < -0.3 is 19.9 Å². The molecule has 0 aliphatic carbocycles. The largest absolute Gasteiger partial charge is 0.378 e. The number of para-hydroxylation sites is 1. The Balaban J connectivity index is 1.85. The van der Waals surface area contributed by atoms with Crippen LogP contribution in [0.4, 0.5) is 25.8 Å². The number of amides is 1. The quantitative estimate of drug-likeness (QED) is 0.909. The Morgan fingerprint density at radius 1 is 1.12 bits per heavy atom. The summed E-state index contributed by atoms with van der Waals surface area (Å²) in [6.07, 6.45) is 0. The highest BCUT2D eigenvalue weighted by Crippen LogP contribution is 2.27. The van der Waals surface area contributed by atoms with Gasteiger partial charge >= 0.3 is 0 Å². The van der Waals surface area contributed by atoms with Crippen LogP contribution in [0, 0.1) is 11.6 Å². The van der Waals surface area contributed by atoms with Gasteiger partial charge in [-0.25, -0.2) is 8.78 Å². The van der Waals surface area contributed by atoms with E-state index in [0.717, 1.165) is 17.8 Å². The molecule has 2 aromatic carbocycles. The van der Waals surface area contributed by atoms with Gasteiger partial charge in [0.05, 0.1) is 18.8 Å². The summed E-state index contributed by atoms with van der Waals surface area (Å²) in [5.74, 6) is -1.87. The minimum Gasteiger partial charge on any atom is -0.378 e. The average molecular weight is 361 g/mol. The highest BCUT2D eigenvalue weighted by atomic mass is 19.1. The molecule has 1 fully saturated rings. The molecule has 1 amide bonds. The smallest absolute Gasteiger partial charge is 0.257 e. The third kappa shape index (κ3) is 3.77. The lowest BCUT2D eigenvalue weighted by molar-refractivity contribution is 0.102. The van der Waals surface area contributed by atoms with Gasteiger partial charge in [0.25, 0.3) is 5.91 Å². The summed E-state index contributed by atoms with van der Waals surface area (Å²) in [4.78, 5) is 16.1. The van der Waals surface area contributed by atoms with Crippen molar-refractivity contribution in [3.8, 4) is 0 Å². The molecule has 0 aromatic heterocycles. The Kier molecular flexibility index (Phi) is 5.37. The summed E-state index contributed by atoms with van der Waals surface area (Å²) in [6, 6.07) is 9.40. The fraction of sp³-hybridized carbons (Fsp3) is 0.316. The summed E-state index contributed by atoms with van der Waals surface area (Å²) in [6.45, 7) is 2.56. The number of rotatable bonds is 4. The van der Waals surface area contributed by atoms with Gasteiger partial charge in [-0.05, 0) is 24.3 Å². The highest BCUT2D eigenvalue weighted by Gasteiger charge is 2.20. The van der Waals surface area contributed by atoms with Crippen molar-refractivity contribution in [1.29, 1.82) is 0 Å². The second-order valence-electron chi connectivity index (χ2n) is 6.25. The molecule has 5 nitrogen and oxygen atoms in total. The Morgan fingerprint density at radius 3 is 2.35 bits per heavy atom. The van der Waals surface area contributed by atoms with Crippen LogP contribution in [0.1, 0.15) is 10.4 Å². The zero-order valence-electron chi connectivity index (χ0n) is 14.8. The van der Waals surface area contributed by atoms with Gasteiger partial charge in [-0.2, -0.15) is 0 Å². The average Bonchev–Trinajstić information content (AvgIpc) is 2.61. The fourth-order valence-electron chi connectivity index (χ4n) is 3.01. The van der Waals surface area contributed by atoms with Crippen LogP contribution in [-0.2, 0) is 4.74 Å². The lowest BCUT2D eigenvalue weighted by atomic mass is 10.1. The lowest BCUT2D eigenvalue weighted by Gasteiger charge is -2.30.